The van der Waals surface area contributed by atoms with Crippen LogP contribution in [0, 0.1) is 13.8 Å². The molecule has 2 aromatic rings. The van der Waals surface area contributed by atoms with E-state index >= 15 is 0 Å². The Hall–Kier alpha value is -1.97. The van der Waals surface area contributed by atoms with Crippen LogP contribution in [0.1, 0.15) is 11.4 Å². The van der Waals surface area contributed by atoms with E-state index in [-0.39, 0.29) is 0 Å². The zero-order valence-electron chi connectivity index (χ0n) is 8.64. The van der Waals surface area contributed by atoms with Crippen molar-refractivity contribution in [2.75, 3.05) is 0 Å². The fourth-order valence-corrected chi connectivity index (χ4v) is 1.25. The third-order valence-corrected chi connectivity index (χ3v) is 1.81. The van der Waals surface area contributed by atoms with E-state index in [1.165, 1.54) is 0 Å². The lowest BCUT2D eigenvalue weighted by Crippen LogP contribution is -1.95. The highest BCUT2D eigenvalue weighted by atomic mass is 16.5. The van der Waals surface area contributed by atoms with Crippen molar-refractivity contribution in [1.29, 1.82) is 0 Å². The van der Waals surface area contributed by atoms with Gasteiger partial charge in [0.2, 0.25) is 0 Å². The summed E-state index contributed by atoms with van der Waals surface area (Å²) in [6, 6.07) is 5.88. The average molecular weight is 201 g/mol. The molecule has 0 aromatic carbocycles. The van der Waals surface area contributed by atoms with E-state index in [2.05, 4.69) is 15.0 Å². The van der Waals surface area contributed by atoms with Crippen molar-refractivity contribution < 1.29 is 4.74 Å². The van der Waals surface area contributed by atoms with E-state index in [4.69, 9.17) is 4.74 Å². The smallest absolute Gasteiger partial charge is 0.322 e. The zero-order valence-corrected chi connectivity index (χ0v) is 8.64. The molecule has 0 saturated heterocycles. The molecule has 15 heavy (non-hydrogen) atoms. The number of pyridine rings is 1. The molecule has 0 aliphatic rings. The lowest BCUT2D eigenvalue weighted by molar-refractivity contribution is 0.437. The normalized spacial score (nSPS) is 10.0. The van der Waals surface area contributed by atoms with Gasteiger partial charge in [-0.1, -0.05) is 0 Å². The zero-order chi connectivity index (χ0) is 10.7. The number of aromatic nitrogens is 3. The number of hydrogen-bond donors (Lipinski definition) is 0. The summed E-state index contributed by atoms with van der Waals surface area (Å²) in [7, 11) is 0. The Morgan fingerprint density at radius 2 is 1.87 bits per heavy atom. The first kappa shape index (κ1) is 9.58. The number of nitrogens with zero attached hydrogens (tertiary/aromatic N) is 3. The van der Waals surface area contributed by atoms with Crippen LogP contribution in [-0.2, 0) is 0 Å². The summed E-state index contributed by atoms with van der Waals surface area (Å²) < 4.78 is 5.46. The van der Waals surface area contributed by atoms with Gasteiger partial charge in [0.05, 0.1) is 6.20 Å². The summed E-state index contributed by atoms with van der Waals surface area (Å²) in [5.41, 5.74) is 1.78. The molecule has 4 heteroatoms. The molecule has 0 N–H and O–H groups in total. The van der Waals surface area contributed by atoms with Crippen LogP contribution >= 0.6 is 0 Å². The van der Waals surface area contributed by atoms with Crippen LogP contribution in [0.5, 0.6) is 11.8 Å². The van der Waals surface area contributed by atoms with E-state index in [0.717, 1.165) is 11.4 Å². The fourth-order valence-electron chi connectivity index (χ4n) is 1.25. The third kappa shape index (κ3) is 2.49. The van der Waals surface area contributed by atoms with Gasteiger partial charge in [-0.3, -0.25) is 4.98 Å². The summed E-state index contributed by atoms with van der Waals surface area (Å²) >= 11 is 0. The molecule has 0 radical (unpaired) electrons. The highest BCUT2D eigenvalue weighted by molar-refractivity contribution is 5.21. The number of rotatable bonds is 2. The molecule has 0 aliphatic heterocycles. The first-order valence-corrected chi connectivity index (χ1v) is 4.64. The van der Waals surface area contributed by atoms with Gasteiger partial charge < -0.3 is 4.74 Å². The van der Waals surface area contributed by atoms with E-state index in [0.29, 0.717) is 11.8 Å². The van der Waals surface area contributed by atoms with Gasteiger partial charge >= 0.3 is 6.01 Å². The van der Waals surface area contributed by atoms with E-state index in [1.807, 2.05) is 26.0 Å². The molecule has 2 rings (SSSR count). The van der Waals surface area contributed by atoms with Crippen molar-refractivity contribution in [1.82, 2.24) is 15.0 Å². The Morgan fingerprint density at radius 3 is 2.47 bits per heavy atom. The minimum Gasteiger partial charge on any atom is -0.423 e. The largest absolute Gasteiger partial charge is 0.423 e. The predicted molar refractivity (Wildman–Crippen MR) is 55.8 cm³/mol. The summed E-state index contributed by atoms with van der Waals surface area (Å²) in [5, 5.41) is 0. The van der Waals surface area contributed by atoms with E-state index < -0.39 is 0 Å². The van der Waals surface area contributed by atoms with E-state index in [9.17, 15) is 0 Å². The topological polar surface area (TPSA) is 47.9 Å². The van der Waals surface area contributed by atoms with Crippen molar-refractivity contribution in [3.05, 3.63) is 42.0 Å². The second kappa shape index (κ2) is 4.04. The van der Waals surface area contributed by atoms with Gasteiger partial charge in [-0.05, 0) is 32.0 Å². The minimum atomic E-state index is 0.362. The van der Waals surface area contributed by atoms with Gasteiger partial charge in [-0.25, -0.2) is 9.97 Å². The van der Waals surface area contributed by atoms with Gasteiger partial charge in [0, 0.05) is 17.6 Å². The SMILES string of the molecule is Cc1cc(C)nc(Oc2cccnc2)n1. The summed E-state index contributed by atoms with van der Waals surface area (Å²) in [6.45, 7) is 3.82. The average Bonchev–Trinajstić information content (AvgIpc) is 2.17. The molecular formula is C11H11N3O. The van der Waals surface area contributed by atoms with Crippen molar-refractivity contribution in [3.63, 3.8) is 0 Å². The van der Waals surface area contributed by atoms with Crippen molar-refractivity contribution in [2.45, 2.75) is 13.8 Å². The molecule has 0 bridgehead atoms. The molecule has 0 saturated carbocycles. The Morgan fingerprint density at radius 1 is 1.13 bits per heavy atom. The van der Waals surface area contributed by atoms with Gasteiger partial charge in [-0.15, -0.1) is 0 Å². The first-order chi connectivity index (χ1) is 7.24. The highest BCUT2D eigenvalue weighted by Gasteiger charge is 2.01. The molecule has 0 amide bonds. The molecule has 0 aliphatic carbocycles. The summed E-state index contributed by atoms with van der Waals surface area (Å²) in [4.78, 5) is 12.3. The molecule has 2 aromatic heterocycles. The molecule has 0 fully saturated rings. The quantitative estimate of drug-likeness (QED) is 0.747. The van der Waals surface area contributed by atoms with Crippen LogP contribution in [-0.4, -0.2) is 15.0 Å². The lowest BCUT2D eigenvalue weighted by atomic mass is 10.4. The molecule has 2 heterocycles. The summed E-state index contributed by atoms with van der Waals surface area (Å²) in [6.07, 6.45) is 3.32. The number of aryl methyl sites for hydroxylation is 2. The first-order valence-electron chi connectivity index (χ1n) is 4.64. The third-order valence-electron chi connectivity index (χ3n) is 1.81. The van der Waals surface area contributed by atoms with Crippen molar-refractivity contribution in [3.8, 4) is 11.8 Å². The van der Waals surface area contributed by atoms with Crippen molar-refractivity contribution in [2.24, 2.45) is 0 Å². The maximum absolute atomic E-state index is 5.46. The number of hydrogen-bond acceptors (Lipinski definition) is 4. The van der Waals surface area contributed by atoms with Gasteiger partial charge in [0.25, 0.3) is 0 Å². The van der Waals surface area contributed by atoms with Crippen molar-refractivity contribution >= 4 is 0 Å². The van der Waals surface area contributed by atoms with Crippen LogP contribution in [0.2, 0.25) is 0 Å². The van der Waals surface area contributed by atoms with Gasteiger partial charge in [-0.2, -0.15) is 0 Å². The molecule has 0 unspecified atom stereocenters. The fraction of sp³-hybridized carbons (Fsp3) is 0.182. The molecular weight excluding hydrogens is 190 g/mol. The maximum atomic E-state index is 5.46. The van der Waals surface area contributed by atoms with Gasteiger partial charge in [0.15, 0.2) is 0 Å². The molecule has 4 nitrogen and oxygen atoms in total. The second-order valence-electron chi connectivity index (χ2n) is 3.22. The minimum absolute atomic E-state index is 0.362. The van der Waals surface area contributed by atoms with Crippen LogP contribution < -0.4 is 4.74 Å². The second-order valence-corrected chi connectivity index (χ2v) is 3.22. The molecule has 0 atom stereocenters. The molecule has 0 spiro atoms. The highest BCUT2D eigenvalue weighted by Crippen LogP contribution is 2.16. The van der Waals surface area contributed by atoms with Crippen LogP contribution in [0.4, 0.5) is 0 Å². The Balaban J connectivity index is 2.25. The molecule has 76 valence electrons. The Labute approximate surface area is 88.0 Å². The van der Waals surface area contributed by atoms with Crippen LogP contribution in [0.15, 0.2) is 30.6 Å². The number of ether oxygens (including phenoxy) is 1. The predicted octanol–water partition coefficient (Wildman–Crippen LogP) is 2.28. The Kier molecular flexibility index (Phi) is 2.58. The summed E-state index contributed by atoms with van der Waals surface area (Å²) in [5.74, 6) is 0.641. The van der Waals surface area contributed by atoms with Crippen LogP contribution in [0.25, 0.3) is 0 Å². The monoisotopic (exact) mass is 201 g/mol. The van der Waals surface area contributed by atoms with Crippen LogP contribution in [0.3, 0.4) is 0 Å². The maximum Gasteiger partial charge on any atom is 0.322 e. The van der Waals surface area contributed by atoms with E-state index in [1.54, 1.807) is 18.5 Å². The standard InChI is InChI=1S/C11H11N3O/c1-8-6-9(2)14-11(13-8)15-10-4-3-5-12-7-10/h3-7H,1-2H3. The Bertz CT molecular complexity index is 436. The van der Waals surface area contributed by atoms with Gasteiger partial charge in [0.1, 0.15) is 5.75 Å². The lowest BCUT2D eigenvalue weighted by Gasteiger charge is -2.04.